The normalized spacial score (nSPS) is 23.0. The van der Waals surface area contributed by atoms with E-state index in [9.17, 15) is 22.7 Å². The first-order valence-corrected chi connectivity index (χ1v) is 9.88. The third-order valence-electron chi connectivity index (χ3n) is 5.89. The molecule has 0 fully saturated rings. The van der Waals surface area contributed by atoms with Crippen molar-refractivity contribution < 1.29 is 27.4 Å². The largest absolute Gasteiger partial charge is 0.496 e. The molecule has 2 aliphatic rings. The van der Waals surface area contributed by atoms with Gasteiger partial charge in [-0.05, 0) is 36.1 Å². The molecule has 1 aromatic rings. The fraction of sp³-hybridized carbons (Fsp3) is 0.435. The van der Waals surface area contributed by atoms with Crippen LogP contribution in [0.2, 0.25) is 0 Å². The van der Waals surface area contributed by atoms with Gasteiger partial charge in [-0.1, -0.05) is 38.2 Å². The molecule has 3 unspecified atom stereocenters. The van der Waals surface area contributed by atoms with Crippen molar-refractivity contribution in [2.24, 2.45) is 5.92 Å². The van der Waals surface area contributed by atoms with E-state index in [0.717, 1.165) is 6.07 Å². The number of halogens is 4. The van der Waals surface area contributed by atoms with E-state index < -0.39 is 42.0 Å². The summed E-state index contributed by atoms with van der Waals surface area (Å²) in [7, 11) is 1.36. The lowest BCUT2D eigenvalue weighted by Crippen LogP contribution is -2.58. The van der Waals surface area contributed by atoms with Crippen LogP contribution in [0.25, 0.3) is 0 Å². The van der Waals surface area contributed by atoms with Gasteiger partial charge in [0, 0.05) is 23.4 Å². The first-order chi connectivity index (χ1) is 14.4. The summed E-state index contributed by atoms with van der Waals surface area (Å²) in [4.78, 5) is 1.41. The van der Waals surface area contributed by atoms with Crippen molar-refractivity contribution in [1.82, 2.24) is 4.90 Å². The minimum absolute atomic E-state index is 0.243. The van der Waals surface area contributed by atoms with Gasteiger partial charge in [0.2, 0.25) is 0 Å². The molecular weight excluding hydrogens is 412 g/mol. The lowest BCUT2D eigenvalue weighted by atomic mass is 9.74. The van der Waals surface area contributed by atoms with Gasteiger partial charge in [-0.3, -0.25) is 0 Å². The highest BCUT2D eigenvalue weighted by Gasteiger charge is 2.57. The van der Waals surface area contributed by atoms with E-state index in [-0.39, 0.29) is 17.2 Å². The van der Waals surface area contributed by atoms with E-state index in [1.807, 2.05) is 0 Å². The average molecular weight is 438 g/mol. The number of nitrogens with zero attached hydrogens (tertiary/aromatic N) is 1. The monoisotopic (exact) mass is 438 g/mol. The second kappa shape index (κ2) is 8.15. The second-order valence-corrected chi connectivity index (χ2v) is 8.66. The standard InChI is InChI=1S/C23H26F4N2O2/c1-21(2,17-12-15(24)8-9-20(17)31-3)13-22(30,23(25,26)27)14-29-11-10-18(28)16-6-4-5-7-19(16)29/h4-12,16,19,28,30H,13-14H2,1-3H3. The molecular formula is C23H26F4N2O2. The van der Waals surface area contributed by atoms with E-state index in [1.165, 1.54) is 50.3 Å². The van der Waals surface area contributed by atoms with Crippen molar-refractivity contribution in [3.05, 3.63) is 66.2 Å². The second-order valence-electron chi connectivity index (χ2n) is 8.66. The average Bonchev–Trinajstić information content (AvgIpc) is 2.69. The van der Waals surface area contributed by atoms with Crippen molar-refractivity contribution in [3.8, 4) is 5.75 Å². The molecule has 4 nitrogen and oxygen atoms in total. The predicted molar refractivity (Wildman–Crippen MR) is 111 cm³/mol. The molecule has 3 atom stereocenters. The summed E-state index contributed by atoms with van der Waals surface area (Å²) in [6.07, 6.45) is 4.17. The van der Waals surface area contributed by atoms with Crippen molar-refractivity contribution in [2.75, 3.05) is 13.7 Å². The number of β-amino-alcohol motifs (C(OH)–C–C–N with tert-alkyl or cyclic N) is 1. The highest BCUT2D eigenvalue weighted by Crippen LogP contribution is 2.44. The fourth-order valence-corrected chi connectivity index (χ4v) is 4.33. The van der Waals surface area contributed by atoms with Gasteiger partial charge < -0.3 is 20.2 Å². The number of nitrogens with one attached hydrogen (secondary N) is 1. The van der Waals surface area contributed by atoms with Crippen molar-refractivity contribution in [1.29, 1.82) is 5.41 Å². The molecule has 1 aromatic carbocycles. The van der Waals surface area contributed by atoms with Crippen molar-refractivity contribution in [2.45, 2.75) is 43.5 Å². The molecule has 0 spiro atoms. The molecule has 0 radical (unpaired) electrons. The topological polar surface area (TPSA) is 56.6 Å². The quantitative estimate of drug-likeness (QED) is 0.630. The molecule has 0 amide bonds. The summed E-state index contributed by atoms with van der Waals surface area (Å²) in [5.41, 5.74) is -3.81. The fourth-order valence-electron chi connectivity index (χ4n) is 4.33. The number of benzene rings is 1. The molecule has 8 heteroatoms. The zero-order valence-corrected chi connectivity index (χ0v) is 17.6. The van der Waals surface area contributed by atoms with Crippen LogP contribution in [0.1, 0.15) is 25.8 Å². The number of hydrogen-bond acceptors (Lipinski definition) is 4. The Kier molecular flexibility index (Phi) is 6.06. The van der Waals surface area contributed by atoms with Crippen LogP contribution < -0.4 is 4.74 Å². The third-order valence-corrected chi connectivity index (χ3v) is 5.89. The van der Waals surface area contributed by atoms with Crippen LogP contribution in [-0.4, -0.2) is 47.2 Å². The number of fused-ring (bicyclic) bond motifs is 1. The third kappa shape index (κ3) is 4.54. The van der Waals surface area contributed by atoms with Gasteiger partial charge in [0.15, 0.2) is 5.60 Å². The summed E-state index contributed by atoms with van der Waals surface area (Å²) in [5, 5.41) is 19.0. The molecule has 1 aliphatic carbocycles. The highest BCUT2D eigenvalue weighted by atomic mass is 19.4. The van der Waals surface area contributed by atoms with Gasteiger partial charge in [0.25, 0.3) is 0 Å². The van der Waals surface area contributed by atoms with E-state index in [2.05, 4.69) is 0 Å². The number of allylic oxidation sites excluding steroid dienone is 3. The van der Waals surface area contributed by atoms with E-state index in [1.54, 1.807) is 24.3 Å². The number of alkyl halides is 3. The first-order valence-electron chi connectivity index (χ1n) is 9.88. The molecule has 3 rings (SSSR count). The van der Waals surface area contributed by atoms with Gasteiger partial charge in [-0.25, -0.2) is 4.39 Å². The minimum atomic E-state index is -4.94. The molecule has 1 aliphatic heterocycles. The SMILES string of the molecule is COc1ccc(F)cc1C(C)(C)CC(O)(CN1C=CC(=N)C2C=CC=CC21)C(F)(F)F. The number of hydrogen-bond donors (Lipinski definition) is 2. The van der Waals surface area contributed by atoms with Gasteiger partial charge in [0.1, 0.15) is 11.6 Å². The Bertz CT molecular complexity index is 936. The maximum Gasteiger partial charge on any atom is 0.418 e. The van der Waals surface area contributed by atoms with Gasteiger partial charge in [-0.2, -0.15) is 13.2 Å². The summed E-state index contributed by atoms with van der Waals surface area (Å²) in [5.74, 6) is -0.731. The lowest BCUT2D eigenvalue weighted by molar-refractivity contribution is -0.270. The molecule has 2 N–H and O–H groups in total. The molecule has 1 heterocycles. The predicted octanol–water partition coefficient (Wildman–Crippen LogP) is 4.76. The van der Waals surface area contributed by atoms with Crippen LogP contribution in [-0.2, 0) is 5.41 Å². The molecule has 0 saturated heterocycles. The van der Waals surface area contributed by atoms with Crippen LogP contribution in [0.15, 0.2) is 54.8 Å². The number of ether oxygens (including phenoxy) is 1. The molecule has 168 valence electrons. The zero-order valence-electron chi connectivity index (χ0n) is 17.6. The number of aliphatic hydroxyl groups is 1. The van der Waals surface area contributed by atoms with Gasteiger partial charge >= 0.3 is 6.18 Å². The van der Waals surface area contributed by atoms with Crippen LogP contribution in [0.3, 0.4) is 0 Å². The lowest BCUT2D eigenvalue weighted by Gasteiger charge is -2.45. The molecule has 31 heavy (non-hydrogen) atoms. The first kappa shape index (κ1) is 23.1. The smallest absolute Gasteiger partial charge is 0.418 e. The van der Waals surface area contributed by atoms with Crippen LogP contribution in [0, 0.1) is 17.1 Å². The molecule has 0 saturated carbocycles. The summed E-state index contributed by atoms with van der Waals surface area (Å²) in [6, 6.07) is 3.18. The molecule has 0 bridgehead atoms. The Balaban J connectivity index is 1.96. The van der Waals surface area contributed by atoms with E-state index in [4.69, 9.17) is 10.1 Å². The van der Waals surface area contributed by atoms with Gasteiger partial charge in [0.05, 0.1) is 19.7 Å². The van der Waals surface area contributed by atoms with E-state index in [0.29, 0.717) is 5.71 Å². The summed E-state index contributed by atoms with van der Waals surface area (Å²) in [6.45, 7) is 2.32. The Morgan fingerprint density at radius 2 is 1.84 bits per heavy atom. The summed E-state index contributed by atoms with van der Waals surface area (Å²) < 4.78 is 61.7. The van der Waals surface area contributed by atoms with Gasteiger partial charge in [-0.15, -0.1) is 0 Å². The van der Waals surface area contributed by atoms with Crippen molar-refractivity contribution >= 4 is 5.71 Å². The maximum atomic E-state index is 14.2. The maximum absolute atomic E-state index is 14.2. The van der Waals surface area contributed by atoms with E-state index >= 15 is 0 Å². The molecule has 0 aromatic heterocycles. The Morgan fingerprint density at radius 3 is 2.48 bits per heavy atom. The van der Waals surface area contributed by atoms with Crippen molar-refractivity contribution in [3.63, 3.8) is 0 Å². The summed E-state index contributed by atoms with van der Waals surface area (Å²) >= 11 is 0. The Morgan fingerprint density at radius 1 is 1.16 bits per heavy atom. The van der Waals surface area contributed by atoms with Crippen LogP contribution in [0.5, 0.6) is 5.75 Å². The Hall–Kier alpha value is -2.61. The number of methoxy groups -OCH3 is 1. The zero-order chi connectivity index (χ0) is 23.0. The Labute approximate surface area is 179 Å². The minimum Gasteiger partial charge on any atom is -0.496 e. The van der Waals surface area contributed by atoms with Crippen LogP contribution >= 0.6 is 0 Å². The highest BCUT2D eigenvalue weighted by molar-refractivity contribution is 5.97. The number of rotatable bonds is 6. The van der Waals surface area contributed by atoms with Crippen LogP contribution in [0.4, 0.5) is 17.6 Å².